The van der Waals surface area contributed by atoms with Crippen LogP contribution in [0.2, 0.25) is 0 Å². The molecule has 0 fully saturated rings. The number of ether oxygens (including phenoxy) is 1. The van der Waals surface area contributed by atoms with Crippen LogP contribution in [0.1, 0.15) is 19.4 Å². The lowest BCUT2D eigenvalue weighted by Gasteiger charge is -2.19. The van der Waals surface area contributed by atoms with Crippen molar-refractivity contribution in [2.45, 2.75) is 26.4 Å². The van der Waals surface area contributed by atoms with Crippen LogP contribution in [0.4, 0.5) is 0 Å². The van der Waals surface area contributed by atoms with Crippen molar-refractivity contribution in [3.05, 3.63) is 29.8 Å². The van der Waals surface area contributed by atoms with Crippen LogP contribution in [0, 0.1) is 0 Å². The standard InChI is InChI=1S/C16H28N2O2/c1-4-18(5-2)11-10-17-13-15(19)12-14-6-8-16(20-3)9-7-14/h6-9,15,17,19H,4-5,10-13H2,1-3H3/t15-/m1/s1. The maximum Gasteiger partial charge on any atom is 0.118 e. The van der Waals surface area contributed by atoms with Crippen molar-refractivity contribution in [1.82, 2.24) is 10.2 Å². The van der Waals surface area contributed by atoms with Gasteiger partial charge in [-0.25, -0.2) is 0 Å². The highest BCUT2D eigenvalue weighted by Crippen LogP contribution is 2.12. The van der Waals surface area contributed by atoms with E-state index in [4.69, 9.17) is 4.74 Å². The number of aliphatic hydroxyl groups is 1. The minimum atomic E-state index is -0.347. The zero-order chi connectivity index (χ0) is 14.8. The smallest absolute Gasteiger partial charge is 0.118 e. The van der Waals surface area contributed by atoms with E-state index in [0.29, 0.717) is 13.0 Å². The largest absolute Gasteiger partial charge is 0.497 e. The molecule has 0 aliphatic rings. The van der Waals surface area contributed by atoms with Gasteiger partial charge in [-0.1, -0.05) is 26.0 Å². The second-order valence-electron chi connectivity index (χ2n) is 4.94. The lowest BCUT2D eigenvalue weighted by molar-refractivity contribution is 0.170. The van der Waals surface area contributed by atoms with Crippen molar-refractivity contribution in [3.8, 4) is 5.75 Å². The molecule has 0 radical (unpaired) electrons. The van der Waals surface area contributed by atoms with Gasteiger partial charge >= 0.3 is 0 Å². The summed E-state index contributed by atoms with van der Waals surface area (Å²) in [6.07, 6.45) is 0.322. The number of methoxy groups -OCH3 is 1. The van der Waals surface area contributed by atoms with E-state index in [0.717, 1.165) is 37.5 Å². The molecular weight excluding hydrogens is 252 g/mol. The molecule has 0 bridgehead atoms. The Hall–Kier alpha value is -1.10. The molecule has 0 aliphatic heterocycles. The summed E-state index contributed by atoms with van der Waals surface area (Å²) in [7, 11) is 1.66. The zero-order valence-corrected chi connectivity index (χ0v) is 12.9. The van der Waals surface area contributed by atoms with E-state index in [2.05, 4.69) is 24.1 Å². The first kappa shape index (κ1) is 17.0. The molecule has 0 saturated carbocycles. The summed E-state index contributed by atoms with van der Waals surface area (Å²) in [6.45, 7) is 9.07. The third kappa shape index (κ3) is 6.37. The second kappa shape index (κ2) is 9.75. The van der Waals surface area contributed by atoms with Crippen LogP contribution in [0.3, 0.4) is 0 Å². The summed E-state index contributed by atoms with van der Waals surface area (Å²) in [4.78, 5) is 2.36. The molecule has 0 amide bonds. The summed E-state index contributed by atoms with van der Waals surface area (Å²) in [5, 5.41) is 13.3. The van der Waals surface area contributed by atoms with Crippen LogP contribution in [-0.4, -0.2) is 55.9 Å². The van der Waals surface area contributed by atoms with E-state index in [-0.39, 0.29) is 6.10 Å². The van der Waals surface area contributed by atoms with Gasteiger partial charge in [0.1, 0.15) is 5.75 Å². The van der Waals surface area contributed by atoms with Gasteiger partial charge in [-0.05, 0) is 37.2 Å². The Balaban J connectivity index is 2.20. The molecule has 0 unspecified atom stereocenters. The van der Waals surface area contributed by atoms with Crippen LogP contribution in [0.15, 0.2) is 24.3 Å². The zero-order valence-electron chi connectivity index (χ0n) is 12.9. The third-order valence-corrected chi connectivity index (χ3v) is 3.51. The van der Waals surface area contributed by atoms with Crippen molar-refractivity contribution in [1.29, 1.82) is 0 Å². The monoisotopic (exact) mass is 280 g/mol. The van der Waals surface area contributed by atoms with Gasteiger partial charge in [0.25, 0.3) is 0 Å². The molecule has 1 rings (SSSR count). The minimum Gasteiger partial charge on any atom is -0.497 e. The van der Waals surface area contributed by atoms with Gasteiger partial charge in [0.15, 0.2) is 0 Å². The van der Waals surface area contributed by atoms with Crippen LogP contribution >= 0.6 is 0 Å². The third-order valence-electron chi connectivity index (χ3n) is 3.51. The maximum absolute atomic E-state index is 10.0. The van der Waals surface area contributed by atoms with Gasteiger partial charge in [0.05, 0.1) is 13.2 Å². The summed E-state index contributed by atoms with van der Waals surface area (Å²) in [5.74, 6) is 0.848. The first-order chi connectivity index (χ1) is 9.69. The first-order valence-corrected chi connectivity index (χ1v) is 7.43. The van der Waals surface area contributed by atoms with Crippen molar-refractivity contribution < 1.29 is 9.84 Å². The molecule has 0 saturated heterocycles. The van der Waals surface area contributed by atoms with Crippen LogP contribution < -0.4 is 10.1 Å². The fourth-order valence-electron chi connectivity index (χ4n) is 2.15. The molecule has 4 nitrogen and oxygen atoms in total. The van der Waals surface area contributed by atoms with Gasteiger partial charge in [0, 0.05) is 19.6 Å². The van der Waals surface area contributed by atoms with Crippen LogP contribution in [0.25, 0.3) is 0 Å². The highest BCUT2D eigenvalue weighted by Gasteiger charge is 2.06. The maximum atomic E-state index is 10.0. The topological polar surface area (TPSA) is 44.7 Å². The van der Waals surface area contributed by atoms with E-state index >= 15 is 0 Å². The number of nitrogens with zero attached hydrogens (tertiary/aromatic N) is 1. The van der Waals surface area contributed by atoms with Crippen LogP contribution in [-0.2, 0) is 6.42 Å². The first-order valence-electron chi connectivity index (χ1n) is 7.43. The average molecular weight is 280 g/mol. The Morgan fingerprint density at radius 3 is 2.40 bits per heavy atom. The molecule has 1 aromatic carbocycles. The molecule has 1 aromatic rings. The molecule has 114 valence electrons. The van der Waals surface area contributed by atoms with Gasteiger partial charge in [-0.15, -0.1) is 0 Å². The summed E-state index contributed by atoms with van der Waals surface area (Å²) in [5.41, 5.74) is 1.13. The van der Waals surface area contributed by atoms with E-state index in [1.807, 2.05) is 24.3 Å². The molecule has 4 heteroatoms. The van der Waals surface area contributed by atoms with E-state index in [9.17, 15) is 5.11 Å². The molecule has 20 heavy (non-hydrogen) atoms. The van der Waals surface area contributed by atoms with Gasteiger partial charge in [-0.3, -0.25) is 0 Å². The number of rotatable bonds is 10. The van der Waals surface area contributed by atoms with Gasteiger partial charge in [-0.2, -0.15) is 0 Å². The molecule has 0 aliphatic carbocycles. The Kier molecular flexibility index (Phi) is 8.26. The fraction of sp³-hybridized carbons (Fsp3) is 0.625. The Morgan fingerprint density at radius 1 is 1.20 bits per heavy atom. The molecule has 0 aromatic heterocycles. The minimum absolute atomic E-state index is 0.347. The number of aliphatic hydroxyl groups excluding tert-OH is 1. The van der Waals surface area contributed by atoms with Gasteiger partial charge < -0.3 is 20.1 Å². The Bertz CT molecular complexity index is 350. The number of hydrogen-bond donors (Lipinski definition) is 2. The molecule has 1 atom stereocenters. The van der Waals surface area contributed by atoms with Crippen LogP contribution in [0.5, 0.6) is 5.75 Å². The SMILES string of the molecule is CCN(CC)CCNC[C@H](O)Cc1ccc(OC)cc1. The number of nitrogens with one attached hydrogen (secondary N) is 1. The lowest BCUT2D eigenvalue weighted by atomic mass is 10.1. The summed E-state index contributed by atoms with van der Waals surface area (Å²) >= 11 is 0. The van der Waals surface area contributed by atoms with Crippen molar-refractivity contribution in [2.75, 3.05) is 39.8 Å². The molecular formula is C16H28N2O2. The van der Waals surface area contributed by atoms with E-state index in [1.165, 1.54) is 0 Å². The van der Waals surface area contributed by atoms with E-state index < -0.39 is 0 Å². The lowest BCUT2D eigenvalue weighted by Crippen LogP contribution is -2.35. The van der Waals surface area contributed by atoms with Gasteiger partial charge in [0.2, 0.25) is 0 Å². The fourth-order valence-corrected chi connectivity index (χ4v) is 2.15. The Morgan fingerprint density at radius 2 is 1.85 bits per heavy atom. The predicted molar refractivity (Wildman–Crippen MR) is 83.4 cm³/mol. The van der Waals surface area contributed by atoms with Crippen molar-refractivity contribution >= 4 is 0 Å². The molecule has 0 spiro atoms. The Labute approximate surface area is 122 Å². The summed E-state index contributed by atoms with van der Waals surface area (Å²) in [6, 6.07) is 7.85. The number of benzene rings is 1. The number of likely N-dealkylation sites (N-methyl/N-ethyl adjacent to an activating group) is 1. The molecule has 0 heterocycles. The van der Waals surface area contributed by atoms with Crippen molar-refractivity contribution in [3.63, 3.8) is 0 Å². The average Bonchev–Trinajstić information content (AvgIpc) is 2.48. The molecule has 2 N–H and O–H groups in total. The normalized spacial score (nSPS) is 12.7. The van der Waals surface area contributed by atoms with E-state index in [1.54, 1.807) is 7.11 Å². The predicted octanol–water partition coefficient (Wildman–Crippen LogP) is 1.53. The second-order valence-corrected chi connectivity index (χ2v) is 4.94. The highest BCUT2D eigenvalue weighted by molar-refractivity contribution is 5.27. The summed E-state index contributed by atoms with van der Waals surface area (Å²) < 4.78 is 5.12. The quantitative estimate of drug-likeness (QED) is 0.638. The highest BCUT2D eigenvalue weighted by atomic mass is 16.5. The number of hydrogen-bond acceptors (Lipinski definition) is 4. The van der Waals surface area contributed by atoms with Crippen molar-refractivity contribution in [2.24, 2.45) is 0 Å².